The summed E-state index contributed by atoms with van der Waals surface area (Å²) in [5.74, 6) is -1.70. The first kappa shape index (κ1) is 14.1. The fourth-order valence-electron chi connectivity index (χ4n) is 2.13. The zero-order valence-electron chi connectivity index (χ0n) is 11.0. The molecule has 6 heteroatoms. The normalized spacial score (nSPS) is 12.3. The number of aliphatic carboxylic acids is 1. The van der Waals surface area contributed by atoms with Crippen molar-refractivity contribution in [3.63, 3.8) is 0 Å². The van der Waals surface area contributed by atoms with Gasteiger partial charge in [0.25, 0.3) is 0 Å². The van der Waals surface area contributed by atoms with E-state index in [-0.39, 0.29) is 6.54 Å². The number of hydrogen-bond donors (Lipinski definition) is 3. The van der Waals surface area contributed by atoms with Crippen LogP contribution in [0.4, 0.5) is 0 Å². The number of aromatic nitrogens is 1. The van der Waals surface area contributed by atoms with Crippen LogP contribution in [-0.4, -0.2) is 39.3 Å². The lowest BCUT2D eigenvalue weighted by atomic mass is 10.2. The van der Waals surface area contributed by atoms with E-state index in [0.29, 0.717) is 0 Å². The van der Waals surface area contributed by atoms with Crippen molar-refractivity contribution in [2.75, 3.05) is 6.61 Å². The van der Waals surface area contributed by atoms with Gasteiger partial charge in [-0.15, -0.1) is 0 Å². The summed E-state index contributed by atoms with van der Waals surface area (Å²) in [5, 5.41) is 21.0. The van der Waals surface area contributed by atoms with Gasteiger partial charge in [0.2, 0.25) is 5.91 Å². The molecule has 0 aliphatic rings. The predicted octanol–water partition coefficient (Wildman–Crippen LogP) is 0.511. The maximum atomic E-state index is 11.9. The second kappa shape index (κ2) is 5.75. The maximum Gasteiger partial charge on any atom is 0.328 e. The zero-order chi connectivity index (χ0) is 14.7. The van der Waals surface area contributed by atoms with E-state index in [1.807, 2.05) is 37.3 Å². The number of rotatable bonds is 5. The highest BCUT2D eigenvalue weighted by Gasteiger charge is 2.19. The topological polar surface area (TPSA) is 91.6 Å². The molecule has 1 atom stereocenters. The minimum absolute atomic E-state index is 0.0170. The molecule has 2 rings (SSSR count). The highest BCUT2D eigenvalue weighted by molar-refractivity contribution is 5.86. The Balaban J connectivity index is 2.18. The van der Waals surface area contributed by atoms with Crippen LogP contribution in [0.2, 0.25) is 0 Å². The smallest absolute Gasteiger partial charge is 0.328 e. The molecule has 0 bridgehead atoms. The third kappa shape index (κ3) is 2.80. The number of aryl methyl sites for hydroxylation is 1. The summed E-state index contributed by atoms with van der Waals surface area (Å²) in [4.78, 5) is 22.6. The van der Waals surface area contributed by atoms with E-state index in [0.717, 1.165) is 16.6 Å². The quantitative estimate of drug-likeness (QED) is 0.742. The van der Waals surface area contributed by atoms with E-state index in [9.17, 15) is 9.59 Å². The lowest BCUT2D eigenvalue weighted by Gasteiger charge is -2.13. The summed E-state index contributed by atoms with van der Waals surface area (Å²) < 4.78 is 1.81. The van der Waals surface area contributed by atoms with E-state index in [1.165, 1.54) is 0 Å². The van der Waals surface area contributed by atoms with Gasteiger partial charge in [0, 0.05) is 11.2 Å². The third-order valence-electron chi connectivity index (χ3n) is 3.14. The number of carboxylic acid groups (broad SMARTS) is 1. The van der Waals surface area contributed by atoms with Crippen molar-refractivity contribution in [3.05, 3.63) is 36.0 Å². The van der Waals surface area contributed by atoms with Crippen molar-refractivity contribution in [3.8, 4) is 0 Å². The van der Waals surface area contributed by atoms with Crippen LogP contribution in [0.1, 0.15) is 5.69 Å². The Bertz CT molecular complexity index is 648. The average molecular weight is 276 g/mol. The maximum absolute atomic E-state index is 11.9. The van der Waals surface area contributed by atoms with Crippen LogP contribution in [0.25, 0.3) is 10.9 Å². The number of hydrogen-bond acceptors (Lipinski definition) is 3. The molecular weight excluding hydrogens is 260 g/mol. The van der Waals surface area contributed by atoms with Crippen molar-refractivity contribution >= 4 is 22.8 Å². The average Bonchev–Trinajstić information content (AvgIpc) is 2.72. The molecule has 0 aliphatic carbocycles. The Morgan fingerprint density at radius 2 is 2.05 bits per heavy atom. The van der Waals surface area contributed by atoms with Gasteiger partial charge in [-0.05, 0) is 24.4 Å². The molecule has 0 aliphatic heterocycles. The van der Waals surface area contributed by atoms with Gasteiger partial charge in [0.05, 0.1) is 6.61 Å². The standard InChI is InChI=1S/C14H16N2O4/c1-9-6-10-4-2-3-5-12(10)16(9)7-13(18)15-11(8-17)14(19)20/h2-6,11,17H,7-8H2,1H3,(H,15,18)(H,19,20)/t11-/m0/s1. The Morgan fingerprint density at radius 3 is 2.70 bits per heavy atom. The molecule has 0 spiro atoms. The summed E-state index contributed by atoms with van der Waals surface area (Å²) in [6, 6.07) is 8.33. The molecule has 20 heavy (non-hydrogen) atoms. The molecule has 0 fully saturated rings. The second-order valence-corrected chi connectivity index (χ2v) is 4.57. The van der Waals surface area contributed by atoms with Crippen molar-refractivity contribution < 1.29 is 19.8 Å². The lowest BCUT2D eigenvalue weighted by molar-refractivity contribution is -0.143. The highest BCUT2D eigenvalue weighted by atomic mass is 16.4. The minimum Gasteiger partial charge on any atom is -0.480 e. The van der Waals surface area contributed by atoms with Crippen LogP contribution >= 0.6 is 0 Å². The van der Waals surface area contributed by atoms with Gasteiger partial charge >= 0.3 is 5.97 Å². The number of carboxylic acids is 1. The first-order valence-corrected chi connectivity index (χ1v) is 6.21. The number of nitrogens with zero attached hydrogens (tertiary/aromatic N) is 1. The Kier molecular flexibility index (Phi) is 4.05. The molecule has 1 amide bonds. The van der Waals surface area contributed by atoms with E-state index < -0.39 is 24.5 Å². The van der Waals surface area contributed by atoms with Gasteiger partial charge in [0.15, 0.2) is 0 Å². The number of carbonyl (C=O) groups is 2. The first-order valence-electron chi connectivity index (χ1n) is 6.21. The van der Waals surface area contributed by atoms with E-state index in [2.05, 4.69) is 5.32 Å². The highest BCUT2D eigenvalue weighted by Crippen LogP contribution is 2.18. The van der Waals surface area contributed by atoms with E-state index in [4.69, 9.17) is 10.2 Å². The zero-order valence-corrected chi connectivity index (χ0v) is 11.0. The van der Waals surface area contributed by atoms with Crippen LogP contribution in [-0.2, 0) is 16.1 Å². The summed E-state index contributed by atoms with van der Waals surface area (Å²) >= 11 is 0. The lowest BCUT2D eigenvalue weighted by Crippen LogP contribution is -2.44. The Labute approximate surface area is 115 Å². The molecule has 0 unspecified atom stereocenters. The molecule has 2 aromatic rings. The van der Waals surface area contributed by atoms with Crippen LogP contribution in [0, 0.1) is 6.92 Å². The molecular formula is C14H16N2O4. The number of aliphatic hydroxyl groups excluding tert-OH is 1. The summed E-state index contributed by atoms with van der Waals surface area (Å²) in [6.45, 7) is 1.27. The SMILES string of the molecule is Cc1cc2ccccc2n1CC(=O)N[C@@H](CO)C(=O)O. The van der Waals surface area contributed by atoms with Gasteiger partial charge in [-0.25, -0.2) is 4.79 Å². The number of aliphatic hydroxyl groups is 1. The summed E-state index contributed by atoms with van der Waals surface area (Å²) in [7, 11) is 0. The van der Waals surface area contributed by atoms with Crippen LogP contribution in [0.3, 0.4) is 0 Å². The van der Waals surface area contributed by atoms with Gasteiger partial charge in [-0.1, -0.05) is 18.2 Å². The van der Waals surface area contributed by atoms with Gasteiger partial charge in [-0.3, -0.25) is 4.79 Å². The van der Waals surface area contributed by atoms with Crippen LogP contribution in [0.5, 0.6) is 0 Å². The fraction of sp³-hybridized carbons (Fsp3) is 0.286. The Hall–Kier alpha value is -2.34. The number of benzene rings is 1. The van der Waals surface area contributed by atoms with Gasteiger partial charge < -0.3 is 20.1 Å². The minimum atomic E-state index is -1.27. The molecule has 6 nitrogen and oxygen atoms in total. The molecule has 3 N–H and O–H groups in total. The molecule has 1 aromatic heterocycles. The summed E-state index contributed by atoms with van der Waals surface area (Å²) in [5.41, 5.74) is 1.83. The van der Waals surface area contributed by atoms with Gasteiger partial charge in [0.1, 0.15) is 12.6 Å². The van der Waals surface area contributed by atoms with Crippen LogP contribution < -0.4 is 5.32 Å². The molecule has 1 aromatic carbocycles. The van der Waals surface area contributed by atoms with Crippen molar-refractivity contribution in [1.82, 2.24) is 9.88 Å². The fourth-order valence-corrected chi connectivity index (χ4v) is 2.13. The monoisotopic (exact) mass is 276 g/mol. The number of fused-ring (bicyclic) bond motifs is 1. The van der Waals surface area contributed by atoms with Crippen molar-refractivity contribution in [2.24, 2.45) is 0 Å². The third-order valence-corrected chi connectivity index (χ3v) is 3.14. The van der Waals surface area contributed by atoms with Crippen molar-refractivity contribution in [2.45, 2.75) is 19.5 Å². The Morgan fingerprint density at radius 1 is 1.35 bits per heavy atom. The van der Waals surface area contributed by atoms with E-state index in [1.54, 1.807) is 4.57 Å². The molecule has 0 saturated carbocycles. The predicted molar refractivity (Wildman–Crippen MR) is 73.3 cm³/mol. The molecule has 0 radical (unpaired) electrons. The molecule has 1 heterocycles. The number of amides is 1. The first-order chi connectivity index (χ1) is 9.52. The van der Waals surface area contributed by atoms with Crippen LogP contribution in [0.15, 0.2) is 30.3 Å². The van der Waals surface area contributed by atoms with Crippen molar-refractivity contribution in [1.29, 1.82) is 0 Å². The molecule has 106 valence electrons. The number of para-hydroxylation sites is 1. The van der Waals surface area contributed by atoms with Gasteiger partial charge in [-0.2, -0.15) is 0 Å². The number of nitrogens with one attached hydrogen (secondary N) is 1. The molecule has 0 saturated heterocycles. The van der Waals surface area contributed by atoms with E-state index >= 15 is 0 Å². The number of carbonyl (C=O) groups excluding carboxylic acids is 1. The largest absolute Gasteiger partial charge is 0.480 e. The second-order valence-electron chi connectivity index (χ2n) is 4.57. The summed E-state index contributed by atoms with van der Waals surface area (Å²) in [6.07, 6.45) is 0.